The molecule has 0 aliphatic carbocycles. The monoisotopic (exact) mass is 362 g/mol. The Bertz CT molecular complexity index is 1010. The van der Waals surface area contributed by atoms with Gasteiger partial charge in [-0.25, -0.2) is 0 Å². The molecular weight excluding hydrogens is 348 g/mol. The number of carbonyl (C=O) groups excluding carboxylic acids is 1. The fourth-order valence-electron chi connectivity index (χ4n) is 2.55. The lowest BCUT2D eigenvalue weighted by atomic mass is 10.1. The molecule has 4 aromatic rings. The van der Waals surface area contributed by atoms with Crippen molar-refractivity contribution in [1.82, 2.24) is 10.2 Å². The van der Waals surface area contributed by atoms with Crippen molar-refractivity contribution in [3.63, 3.8) is 0 Å². The van der Waals surface area contributed by atoms with Gasteiger partial charge in [0.05, 0.1) is 16.3 Å². The number of benzene rings is 2. The lowest BCUT2D eigenvalue weighted by Gasteiger charge is -2.04. The first-order chi connectivity index (χ1) is 12.3. The summed E-state index contributed by atoms with van der Waals surface area (Å²) in [7, 11) is 0. The zero-order valence-corrected chi connectivity index (χ0v) is 14.9. The molecule has 122 valence electrons. The van der Waals surface area contributed by atoms with E-state index in [9.17, 15) is 4.79 Å². The molecule has 2 aromatic heterocycles. The van der Waals surface area contributed by atoms with Crippen LogP contribution in [0.2, 0.25) is 0 Å². The molecule has 0 N–H and O–H groups in total. The molecule has 0 fully saturated rings. The minimum absolute atomic E-state index is 0.125. The summed E-state index contributed by atoms with van der Waals surface area (Å²) < 4.78 is 0. The number of hydrogen-bond donors (Lipinski definition) is 0. The van der Waals surface area contributed by atoms with E-state index in [-0.39, 0.29) is 5.78 Å². The fraction of sp³-hybridized carbons (Fsp3) is 0.0500. The van der Waals surface area contributed by atoms with Crippen molar-refractivity contribution < 1.29 is 4.79 Å². The number of thioether (sulfide) groups is 1. The molecule has 0 bridgehead atoms. The SMILES string of the molecule is O=C(CSc1ccc(-c2ccc3ccccc3c2)nn1)c1cccs1. The molecule has 0 aliphatic heterocycles. The van der Waals surface area contributed by atoms with Crippen molar-refractivity contribution in [2.24, 2.45) is 0 Å². The van der Waals surface area contributed by atoms with E-state index in [1.165, 1.54) is 33.9 Å². The van der Waals surface area contributed by atoms with Crippen molar-refractivity contribution in [2.75, 3.05) is 5.75 Å². The number of aromatic nitrogens is 2. The van der Waals surface area contributed by atoms with Gasteiger partial charge in [-0.15, -0.1) is 21.5 Å². The minimum Gasteiger partial charge on any atom is -0.292 e. The summed E-state index contributed by atoms with van der Waals surface area (Å²) in [5.41, 5.74) is 1.87. The van der Waals surface area contributed by atoms with Crippen LogP contribution in [0.4, 0.5) is 0 Å². The molecule has 0 saturated heterocycles. The van der Waals surface area contributed by atoms with Crippen LogP contribution in [0.25, 0.3) is 22.0 Å². The van der Waals surface area contributed by atoms with Gasteiger partial charge in [0.15, 0.2) is 5.78 Å². The van der Waals surface area contributed by atoms with E-state index in [4.69, 9.17) is 0 Å². The van der Waals surface area contributed by atoms with E-state index in [2.05, 4.69) is 40.5 Å². The van der Waals surface area contributed by atoms with E-state index >= 15 is 0 Å². The maximum atomic E-state index is 12.0. The van der Waals surface area contributed by atoms with E-state index in [1.54, 1.807) is 0 Å². The van der Waals surface area contributed by atoms with Gasteiger partial charge in [0.2, 0.25) is 0 Å². The molecule has 5 heteroatoms. The molecule has 0 saturated carbocycles. The largest absolute Gasteiger partial charge is 0.292 e. The van der Waals surface area contributed by atoms with Gasteiger partial charge >= 0.3 is 0 Å². The number of fused-ring (bicyclic) bond motifs is 1. The predicted molar refractivity (Wildman–Crippen MR) is 104 cm³/mol. The summed E-state index contributed by atoms with van der Waals surface area (Å²) in [5.74, 6) is 0.505. The number of nitrogens with zero attached hydrogens (tertiary/aromatic N) is 2. The molecule has 25 heavy (non-hydrogen) atoms. The van der Waals surface area contributed by atoms with Crippen LogP contribution in [0.5, 0.6) is 0 Å². The van der Waals surface area contributed by atoms with Crippen molar-refractivity contribution in [2.45, 2.75) is 5.03 Å². The Morgan fingerprint density at radius 2 is 1.80 bits per heavy atom. The number of carbonyl (C=O) groups is 1. The van der Waals surface area contributed by atoms with E-state index in [1.807, 2.05) is 41.8 Å². The fourth-order valence-corrected chi connectivity index (χ4v) is 4.00. The molecule has 0 unspecified atom stereocenters. The highest BCUT2D eigenvalue weighted by Crippen LogP contribution is 2.24. The summed E-state index contributed by atoms with van der Waals surface area (Å²) in [5, 5.41) is 13.6. The van der Waals surface area contributed by atoms with Gasteiger partial charge in [-0.2, -0.15) is 0 Å². The van der Waals surface area contributed by atoms with E-state index in [0.29, 0.717) is 5.75 Å². The van der Waals surface area contributed by atoms with Gasteiger partial charge in [0, 0.05) is 5.56 Å². The first-order valence-electron chi connectivity index (χ1n) is 7.82. The molecule has 4 rings (SSSR count). The van der Waals surface area contributed by atoms with Crippen LogP contribution in [0.1, 0.15) is 9.67 Å². The smallest absolute Gasteiger partial charge is 0.183 e. The molecule has 0 radical (unpaired) electrons. The first-order valence-corrected chi connectivity index (χ1v) is 9.68. The van der Waals surface area contributed by atoms with Crippen LogP contribution in [0.15, 0.2) is 77.1 Å². The molecule has 0 amide bonds. The van der Waals surface area contributed by atoms with E-state index in [0.717, 1.165) is 21.2 Å². The third kappa shape index (κ3) is 3.62. The van der Waals surface area contributed by atoms with Crippen LogP contribution in [0, 0.1) is 0 Å². The second-order valence-corrected chi connectivity index (χ2v) is 7.45. The highest BCUT2D eigenvalue weighted by atomic mass is 32.2. The zero-order valence-electron chi connectivity index (χ0n) is 13.3. The van der Waals surface area contributed by atoms with Gasteiger partial charge in [-0.05, 0) is 40.4 Å². The van der Waals surface area contributed by atoms with Gasteiger partial charge in [-0.3, -0.25) is 4.79 Å². The van der Waals surface area contributed by atoms with Crippen molar-refractivity contribution in [3.05, 3.63) is 77.0 Å². The number of Topliss-reactive ketones (excluding diaryl/α,β-unsaturated/α-hetero) is 1. The Balaban J connectivity index is 1.48. The highest BCUT2D eigenvalue weighted by molar-refractivity contribution is 7.99. The normalized spacial score (nSPS) is 10.9. The van der Waals surface area contributed by atoms with Gasteiger partial charge in [-0.1, -0.05) is 54.2 Å². The second kappa shape index (κ2) is 7.17. The first kappa shape index (κ1) is 16.0. The maximum Gasteiger partial charge on any atom is 0.183 e. The maximum absolute atomic E-state index is 12.0. The minimum atomic E-state index is 0.125. The summed E-state index contributed by atoms with van der Waals surface area (Å²) in [4.78, 5) is 12.8. The van der Waals surface area contributed by atoms with Crippen molar-refractivity contribution in [1.29, 1.82) is 0 Å². The summed E-state index contributed by atoms with van der Waals surface area (Å²) in [6.45, 7) is 0. The standard InChI is InChI=1S/C20H14N2OS2/c23-18(19-6-3-11-24-19)13-25-20-10-9-17(21-22-20)16-8-7-14-4-1-2-5-15(14)12-16/h1-12H,13H2. The third-order valence-corrected chi connectivity index (χ3v) is 5.66. The molecule has 2 aromatic carbocycles. The molecule has 0 spiro atoms. The van der Waals surface area contributed by atoms with Gasteiger partial charge < -0.3 is 0 Å². The van der Waals surface area contributed by atoms with Gasteiger partial charge in [0.1, 0.15) is 5.03 Å². The van der Waals surface area contributed by atoms with Crippen LogP contribution in [-0.4, -0.2) is 21.7 Å². The zero-order chi connectivity index (χ0) is 17.1. The van der Waals surface area contributed by atoms with Crippen molar-refractivity contribution in [3.8, 4) is 11.3 Å². The topological polar surface area (TPSA) is 42.9 Å². The lowest BCUT2D eigenvalue weighted by Crippen LogP contribution is -2.00. The van der Waals surface area contributed by atoms with E-state index < -0.39 is 0 Å². The Labute approximate surface area is 153 Å². The molecular formula is C20H14N2OS2. The Hall–Kier alpha value is -2.50. The molecule has 0 aliphatic rings. The second-order valence-electron chi connectivity index (χ2n) is 5.51. The summed E-state index contributed by atoms with van der Waals surface area (Å²) in [6.07, 6.45) is 0. The Morgan fingerprint density at radius 3 is 2.56 bits per heavy atom. The van der Waals surface area contributed by atoms with Crippen LogP contribution >= 0.6 is 23.1 Å². The van der Waals surface area contributed by atoms with Crippen LogP contribution in [-0.2, 0) is 0 Å². The van der Waals surface area contributed by atoms with Crippen LogP contribution in [0.3, 0.4) is 0 Å². The van der Waals surface area contributed by atoms with Crippen molar-refractivity contribution >= 4 is 39.7 Å². The number of thiophene rings is 1. The average molecular weight is 362 g/mol. The van der Waals surface area contributed by atoms with Gasteiger partial charge in [0.25, 0.3) is 0 Å². The number of rotatable bonds is 5. The Kier molecular flexibility index (Phi) is 4.59. The molecule has 3 nitrogen and oxygen atoms in total. The number of hydrogen-bond acceptors (Lipinski definition) is 5. The average Bonchev–Trinajstić information content (AvgIpc) is 3.21. The molecule has 2 heterocycles. The summed E-state index contributed by atoms with van der Waals surface area (Å²) in [6, 6.07) is 22.1. The Morgan fingerprint density at radius 1 is 0.920 bits per heavy atom. The summed E-state index contributed by atoms with van der Waals surface area (Å²) >= 11 is 2.88. The highest BCUT2D eigenvalue weighted by Gasteiger charge is 2.09. The number of ketones is 1. The predicted octanol–water partition coefficient (Wildman–Crippen LogP) is 5.33. The lowest BCUT2D eigenvalue weighted by molar-refractivity contribution is 0.102. The quantitative estimate of drug-likeness (QED) is 0.355. The third-order valence-electron chi connectivity index (χ3n) is 3.83. The van der Waals surface area contributed by atoms with Crippen LogP contribution < -0.4 is 0 Å². The molecule has 0 atom stereocenters.